The van der Waals surface area contributed by atoms with Gasteiger partial charge in [-0.3, -0.25) is 14.4 Å². The average molecular weight is 513 g/mol. The molecule has 2 heterocycles. The summed E-state index contributed by atoms with van der Waals surface area (Å²) in [6, 6.07) is 8.93. The van der Waals surface area contributed by atoms with Crippen LogP contribution in [0.15, 0.2) is 42.5 Å². The lowest BCUT2D eigenvalue weighted by molar-refractivity contribution is -0.957. The molecule has 37 heavy (non-hydrogen) atoms. The minimum atomic E-state index is -2.28. The van der Waals surface area contributed by atoms with Crippen molar-refractivity contribution in [2.45, 2.75) is 63.9 Å². The Morgan fingerprint density at radius 1 is 1.08 bits per heavy atom. The van der Waals surface area contributed by atoms with Gasteiger partial charge in [-0.25, -0.2) is 9.69 Å². The maximum Gasteiger partial charge on any atom is 0.516 e. The van der Waals surface area contributed by atoms with Crippen LogP contribution >= 0.6 is 0 Å². The van der Waals surface area contributed by atoms with E-state index in [0.717, 1.165) is 10.5 Å². The number of rotatable bonds is 6. The third-order valence-corrected chi connectivity index (χ3v) is 8.95. The minimum absolute atomic E-state index is 0.118. The van der Waals surface area contributed by atoms with Crippen LogP contribution in [0, 0.1) is 23.7 Å². The summed E-state index contributed by atoms with van der Waals surface area (Å²) in [5.41, 5.74) is 0.396. The zero-order valence-electron chi connectivity index (χ0n) is 21.3. The number of hydrogen-bond donors (Lipinski definition) is 3. The van der Waals surface area contributed by atoms with E-state index in [2.05, 4.69) is 5.48 Å². The Kier molecular flexibility index (Phi) is 6.04. The predicted octanol–water partition coefficient (Wildman–Crippen LogP) is 2.75. The van der Waals surface area contributed by atoms with Crippen LogP contribution in [-0.2, 0) is 25.8 Å². The van der Waals surface area contributed by atoms with Gasteiger partial charge < -0.3 is 10.2 Å². The molecular formula is C27H34N3O7+. The summed E-state index contributed by atoms with van der Waals surface area (Å²) in [5, 5.41) is 21.5. The molecule has 198 valence electrons. The van der Waals surface area contributed by atoms with E-state index >= 15 is 0 Å². The Labute approximate surface area is 215 Å². The summed E-state index contributed by atoms with van der Waals surface area (Å²) in [7, 11) is 0. The summed E-state index contributed by atoms with van der Waals surface area (Å²) in [6.07, 6.45) is 3.16. The average Bonchev–Trinajstić information content (AvgIpc) is 3.52. The van der Waals surface area contributed by atoms with Crippen LogP contribution in [0.3, 0.4) is 0 Å². The van der Waals surface area contributed by atoms with E-state index in [4.69, 9.17) is 4.84 Å². The largest absolute Gasteiger partial charge is 0.516 e. The van der Waals surface area contributed by atoms with E-state index in [1.54, 1.807) is 20.8 Å². The molecule has 3 fully saturated rings. The molecule has 2 saturated heterocycles. The van der Waals surface area contributed by atoms with Crippen LogP contribution in [0.5, 0.6) is 0 Å². The van der Waals surface area contributed by atoms with Crippen LogP contribution in [-0.4, -0.2) is 67.3 Å². The van der Waals surface area contributed by atoms with E-state index < -0.39 is 57.4 Å². The number of hydroxylamine groups is 1. The number of carbonyl (C=O) groups is 4. The highest BCUT2D eigenvalue weighted by atomic mass is 16.6. The zero-order chi connectivity index (χ0) is 26.8. The fourth-order valence-corrected chi connectivity index (χ4v) is 7.32. The molecule has 10 heteroatoms. The number of likely N-dealkylation sites (tertiary alicyclic amines) is 2. The van der Waals surface area contributed by atoms with Gasteiger partial charge in [0, 0.05) is 6.42 Å². The predicted molar refractivity (Wildman–Crippen MR) is 130 cm³/mol. The third-order valence-electron chi connectivity index (χ3n) is 8.95. The number of nitrogens with one attached hydrogen (secondary N) is 1. The number of nitrogens with zero attached hydrogens (tertiary/aromatic N) is 2. The highest BCUT2D eigenvalue weighted by molar-refractivity contribution is 6.09. The number of carbonyl (C=O) groups excluding carboxylic acids is 2. The van der Waals surface area contributed by atoms with Crippen LogP contribution in [0.2, 0.25) is 0 Å². The van der Waals surface area contributed by atoms with Crippen molar-refractivity contribution in [3.8, 4) is 0 Å². The molecule has 0 radical (unpaired) electrons. The Morgan fingerprint density at radius 3 is 2.19 bits per heavy atom. The van der Waals surface area contributed by atoms with Crippen molar-refractivity contribution in [2.24, 2.45) is 23.7 Å². The lowest BCUT2D eigenvalue weighted by atomic mass is 9.81. The van der Waals surface area contributed by atoms with Crippen molar-refractivity contribution in [1.82, 2.24) is 10.4 Å². The molecule has 3 amide bonds. The zero-order valence-corrected chi connectivity index (χ0v) is 21.3. The SMILES string of the molecule is CC(C)(C)[N+]1(C(=O)O)C[C@H](NOCc2ccccc2)CC[C@]1(C(=O)O)N1C(=O)[C@@H]2[C@H](C1=O)[C@@H]1C=C[C@H]2C1. The molecule has 2 aliphatic carbocycles. The first-order valence-electron chi connectivity index (χ1n) is 12.8. The van der Waals surface area contributed by atoms with Crippen molar-refractivity contribution in [3.63, 3.8) is 0 Å². The second kappa shape index (κ2) is 8.75. The standard InChI is InChI=1S/C27H33N3O7/c1-26(2,3)30(25(35)36)14-19(28-37-15-16-7-5-4-6-8-16)11-12-27(30,24(33)34)29-22(31)20-17-9-10-18(13-17)21(20)23(29)32/h4-10,17-21,28H,11-15H2,1-3H3,(H-,33,34,35,36)/p+1/t17-,18+,19-,20-,21+,27+,30?/m1/s1. The Morgan fingerprint density at radius 2 is 1.68 bits per heavy atom. The van der Waals surface area contributed by atoms with Crippen molar-refractivity contribution in [2.75, 3.05) is 6.54 Å². The van der Waals surface area contributed by atoms with Crippen LogP contribution in [0.1, 0.15) is 45.6 Å². The van der Waals surface area contributed by atoms with E-state index in [1.165, 1.54) is 0 Å². The molecule has 2 aliphatic heterocycles. The van der Waals surface area contributed by atoms with Gasteiger partial charge in [0.05, 0.1) is 24.5 Å². The first-order chi connectivity index (χ1) is 17.5. The Bertz CT molecular complexity index is 1130. The van der Waals surface area contributed by atoms with E-state index in [-0.39, 0.29) is 37.8 Å². The molecule has 0 spiro atoms. The minimum Gasteiger partial charge on any atom is -0.475 e. The summed E-state index contributed by atoms with van der Waals surface area (Å²) in [4.78, 5) is 60.6. The van der Waals surface area contributed by atoms with Crippen molar-refractivity contribution >= 4 is 23.9 Å². The smallest absolute Gasteiger partial charge is 0.475 e. The van der Waals surface area contributed by atoms with Crippen molar-refractivity contribution in [3.05, 3.63) is 48.0 Å². The maximum absolute atomic E-state index is 13.8. The van der Waals surface area contributed by atoms with E-state index in [1.807, 2.05) is 42.5 Å². The van der Waals surface area contributed by atoms with Gasteiger partial charge in [-0.15, -0.1) is 0 Å². The van der Waals surface area contributed by atoms with Gasteiger partial charge in [0.25, 0.3) is 5.66 Å². The summed E-state index contributed by atoms with van der Waals surface area (Å²) in [6.45, 7) is 4.99. The number of piperidine rings is 1. The molecular weight excluding hydrogens is 478 g/mol. The van der Waals surface area contributed by atoms with Crippen molar-refractivity contribution in [1.29, 1.82) is 0 Å². The Hall–Kier alpha value is -3.08. The van der Waals surface area contributed by atoms with Gasteiger partial charge in [0.2, 0.25) is 11.8 Å². The molecule has 5 rings (SSSR count). The fourth-order valence-electron chi connectivity index (χ4n) is 7.32. The van der Waals surface area contributed by atoms with Gasteiger partial charge in [0.1, 0.15) is 12.1 Å². The number of imide groups is 1. The Balaban J connectivity index is 1.51. The molecule has 0 aromatic heterocycles. The second-order valence-corrected chi connectivity index (χ2v) is 11.7. The number of quaternary nitrogens is 1. The number of benzene rings is 1. The molecule has 4 aliphatic rings. The fraction of sp³-hybridized carbons (Fsp3) is 0.556. The number of amides is 3. The highest BCUT2D eigenvalue weighted by Gasteiger charge is 2.77. The normalized spacial score (nSPS) is 36.7. The third kappa shape index (κ3) is 3.49. The topological polar surface area (TPSA) is 133 Å². The van der Waals surface area contributed by atoms with E-state index in [0.29, 0.717) is 6.42 Å². The first kappa shape index (κ1) is 25.6. The summed E-state index contributed by atoms with van der Waals surface area (Å²) in [5.74, 6) is -4.08. The number of fused-ring (bicyclic) bond motifs is 5. The monoisotopic (exact) mass is 512 g/mol. The number of carboxylic acids is 1. The number of hydrogen-bond acceptors (Lipinski definition) is 6. The molecule has 10 nitrogen and oxygen atoms in total. The highest BCUT2D eigenvalue weighted by Crippen LogP contribution is 2.56. The molecule has 1 saturated carbocycles. The van der Waals surface area contributed by atoms with Crippen LogP contribution in [0.4, 0.5) is 4.79 Å². The maximum atomic E-state index is 13.8. The van der Waals surface area contributed by atoms with Gasteiger partial charge in [-0.05, 0) is 51.0 Å². The van der Waals surface area contributed by atoms with Gasteiger partial charge in [-0.1, -0.05) is 42.5 Å². The lowest BCUT2D eigenvalue weighted by Crippen LogP contribution is -2.86. The molecule has 2 bridgehead atoms. The molecule has 7 atom stereocenters. The van der Waals surface area contributed by atoms with Gasteiger partial charge in [-0.2, -0.15) is 14.8 Å². The molecule has 1 unspecified atom stereocenters. The summed E-state index contributed by atoms with van der Waals surface area (Å²) < 4.78 is -1.01. The van der Waals surface area contributed by atoms with Crippen molar-refractivity contribution < 1.29 is 38.7 Å². The quantitative estimate of drug-likeness (QED) is 0.229. The van der Waals surface area contributed by atoms with Crippen LogP contribution in [0.25, 0.3) is 0 Å². The van der Waals surface area contributed by atoms with Gasteiger partial charge in [0.15, 0.2) is 0 Å². The summed E-state index contributed by atoms with van der Waals surface area (Å²) >= 11 is 0. The van der Waals surface area contributed by atoms with E-state index in [9.17, 15) is 29.4 Å². The number of allylic oxidation sites excluding steroid dienone is 2. The molecule has 3 N–H and O–H groups in total. The number of aliphatic carboxylic acids is 1. The van der Waals surface area contributed by atoms with Crippen LogP contribution < -0.4 is 5.48 Å². The molecule has 1 aromatic carbocycles. The number of carboxylic acid groups (broad SMARTS) is 2. The first-order valence-corrected chi connectivity index (χ1v) is 12.8. The van der Waals surface area contributed by atoms with Gasteiger partial charge >= 0.3 is 12.1 Å². The molecule has 1 aromatic rings. The lowest BCUT2D eigenvalue weighted by Gasteiger charge is -2.58. The second-order valence-electron chi connectivity index (χ2n) is 11.7.